The highest BCUT2D eigenvalue weighted by molar-refractivity contribution is 6.36. The molecule has 106 valence electrons. The average molecular weight is 311 g/mol. The minimum absolute atomic E-state index is 0.300. The number of benzene rings is 1. The molecule has 0 unspecified atom stereocenters. The van der Waals surface area contributed by atoms with Crippen LogP contribution < -0.4 is 5.43 Å². The van der Waals surface area contributed by atoms with Gasteiger partial charge in [0.05, 0.1) is 10.6 Å². The van der Waals surface area contributed by atoms with E-state index in [9.17, 15) is 4.79 Å². The molecule has 5 heteroatoms. The fourth-order valence-electron chi connectivity index (χ4n) is 3.40. The molecule has 0 heterocycles. The van der Waals surface area contributed by atoms with Crippen molar-refractivity contribution in [2.45, 2.75) is 25.7 Å². The summed E-state index contributed by atoms with van der Waals surface area (Å²) in [6.07, 6.45) is 7.10. The Hall–Kier alpha value is -1.06. The van der Waals surface area contributed by atoms with Crippen molar-refractivity contribution in [3.05, 3.63) is 33.8 Å². The van der Waals surface area contributed by atoms with E-state index in [1.54, 1.807) is 18.2 Å². The highest BCUT2D eigenvalue weighted by Crippen LogP contribution is 2.47. The predicted molar refractivity (Wildman–Crippen MR) is 81.4 cm³/mol. The van der Waals surface area contributed by atoms with E-state index in [1.807, 2.05) is 6.21 Å². The molecule has 2 bridgehead atoms. The van der Waals surface area contributed by atoms with Crippen molar-refractivity contribution in [2.75, 3.05) is 0 Å². The molecule has 0 radical (unpaired) electrons. The summed E-state index contributed by atoms with van der Waals surface area (Å²) in [4.78, 5) is 12.0. The zero-order valence-electron chi connectivity index (χ0n) is 11.0. The lowest BCUT2D eigenvalue weighted by molar-refractivity contribution is 0.0955. The lowest BCUT2D eigenvalue weighted by atomic mass is 9.90. The Bertz CT molecular complexity index is 559. The van der Waals surface area contributed by atoms with Crippen molar-refractivity contribution in [3.63, 3.8) is 0 Å². The SMILES string of the molecule is O=C(N/N=C\[C@H]1C[C@H]2CC[C@@H]1C2)c1ccc(Cl)cc1Cl. The topological polar surface area (TPSA) is 41.5 Å². The number of hydrogen-bond donors (Lipinski definition) is 1. The number of amides is 1. The summed E-state index contributed by atoms with van der Waals surface area (Å²) in [5.74, 6) is 1.86. The van der Waals surface area contributed by atoms with Crippen LogP contribution in [-0.2, 0) is 0 Å². The summed E-state index contributed by atoms with van der Waals surface area (Å²) in [7, 11) is 0. The molecule has 3 atom stereocenters. The number of hydrogen-bond acceptors (Lipinski definition) is 2. The normalized spacial score (nSPS) is 28.2. The summed E-state index contributed by atoms with van der Waals surface area (Å²) in [5.41, 5.74) is 2.94. The average Bonchev–Trinajstić information content (AvgIpc) is 3.00. The lowest BCUT2D eigenvalue weighted by Gasteiger charge is -2.16. The second-order valence-electron chi connectivity index (χ2n) is 5.68. The molecule has 0 saturated heterocycles. The van der Waals surface area contributed by atoms with Crippen LogP contribution in [0.3, 0.4) is 0 Å². The van der Waals surface area contributed by atoms with Crippen LogP contribution in [0.1, 0.15) is 36.0 Å². The van der Waals surface area contributed by atoms with Gasteiger partial charge in [-0.3, -0.25) is 4.79 Å². The van der Waals surface area contributed by atoms with Gasteiger partial charge in [-0.05, 0) is 55.2 Å². The summed E-state index contributed by atoms with van der Waals surface area (Å²) in [6, 6.07) is 4.80. The number of halogens is 2. The van der Waals surface area contributed by atoms with Gasteiger partial charge in [-0.15, -0.1) is 0 Å². The Labute approximate surface area is 128 Å². The zero-order chi connectivity index (χ0) is 14.1. The van der Waals surface area contributed by atoms with Crippen LogP contribution in [0.5, 0.6) is 0 Å². The first kappa shape index (κ1) is 13.9. The third-order valence-corrected chi connectivity index (χ3v) is 4.95. The fraction of sp³-hybridized carbons (Fsp3) is 0.467. The molecule has 2 aliphatic carbocycles. The Kier molecular flexibility index (Phi) is 3.99. The van der Waals surface area contributed by atoms with Gasteiger partial charge in [0.1, 0.15) is 0 Å². The molecule has 2 saturated carbocycles. The number of nitrogens with zero attached hydrogens (tertiary/aromatic N) is 1. The molecule has 3 rings (SSSR count). The Morgan fingerprint density at radius 3 is 2.80 bits per heavy atom. The van der Waals surface area contributed by atoms with Crippen LogP contribution in [0.4, 0.5) is 0 Å². The van der Waals surface area contributed by atoms with Crippen molar-refractivity contribution < 1.29 is 4.79 Å². The van der Waals surface area contributed by atoms with E-state index < -0.39 is 0 Å². The van der Waals surface area contributed by atoms with Crippen molar-refractivity contribution in [1.29, 1.82) is 0 Å². The van der Waals surface area contributed by atoms with Gasteiger partial charge in [0.25, 0.3) is 5.91 Å². The second kappa shape index (κ2) is 5.74. The van der Waals surface area contributed by atoms with Gasteiger partial charge in [0.2, 0.25) is 0 Å². The lowest BCUT2D eigenvalue weighted by Crippen LogP contribution is -2.20. The molecule has 0 spiro atoms. The van der Waals surface area contributed by atoms with Crippen LogP contribution in [0, 0.1) is 17.8 Å². The molecule has 1 aromatic carbocycles. The quantitative estimate of drug-likeness (QED) is 0.661. The standard InChI is InChI=1S/C15H16Cl2N2O/c16-12-3-4-13(14(17)7-12)15(20)19-18-8-11-6-9-1-2-10(11)5-9/h3-4,7-11H,1-2,5-6H2,(H,19,20)/b18-8-/t9-,10+,11+/m0/s1. The highest BCUT2D eigenvalue weighted by atomic mass is 35.5. The summed E-state index contributed by atoms with van der Waals surface area (Å²) in [5, 5.41) is 4.95. The van der Waals surface area contributed by atoms with Crippen LogP contribution in [0.15, 0.2) is 23.3 Å². The monoisotopic (exact) mass is 310 g/mol. The largest absolute Gasteiger partial charge is 0.272 e. The van der Waals surface area contributed by atoms with Gasteiger partial charge < -0.3 is 0 Å². The number of carbonyl (C=O) groups excluding carboxylic acids is 1. The van der Waals surface area contributed by atoms with E-state index >= 15 is 0 Å². The highest BCUT2D eigenvalue weighted by Gasteiger charge is 2.38. The smallest absolute Gasteiger partial charge is 0.267 e. The summed E-state index contributed by atoms with van der Waals surface area (Å²) >= 11 is 11.8. The van der Waals surface area contributed by atoms with Crippen molar-refractivity contribution >= 4 is 35.3 Å². The molecule has 1 amide bonds. The minimum atomic E-state index is -0.300. The maximum atomic E-state index is 12.0. The van der Waals surface area contributed by atoms with E-state index in [4.69, 9.17) is 23.2 Å². The summed E-state index contributed by atoms with van der Waals surface area (Å²) < 4.78 is 0. The van der Waals surface area contributed by atoms with Gasteiger partial charge in [0.15, 0.2) is 0 Å². The Morgan fingerprint density at radius 1 is 1.30 bits per heavy atom. The zero-order valence-corrected chi connectivity index (χ0v) is 12.5. The van der Waals surface area contributed by atoms with E-state index in [0.717, 1.165) is 11.8 Å². The van der Waals surface area contributed by atoms with Crippen LogP contribution >= 0.6 is 23.2 Å². The van der Waals surface area contributed by atoms with Gasteiger partial charge >= 0.3 is 0 Å². The maximum Gasteiger partial charge on any atom is 0.272 e. The Morgan fingerprint density at radius 2 is 2.15 bits per heavy atom. The molecule has 20 heavy (non-hydrogen) atoms. The molecule has 1 aromatic rings. The van der Waals surface area contributed by atoms with Crippen molar-refractivity contribution in [1.82, 2.24) is 5.43 Å². The third-order valence-electron chi connectivity index (χ3n) is 4.40. The number of fused-ring (bicyclic) bond motifs is 2. The van der Waals surface area contributed by atoms with E-state index in [1.165, 1.54) is 25.7 Å². The first-order chi connectivity index (χ1) is 9.63. The molecular weight excluding hydrogens is 295 g/mol. The van der Waals surface area contributed by atoms with Crippen LogP contribution in [-0.4, -0.2) is 12.1 Å². The number of nitrogens with one attached hydrogen (secondary N) is 1. The maximum absolute atomic E-state index is 12.0. The number of carbonyl (C=O) groups is 1. The minimum Gasteiger partial charge on any atom is -0.267 e. The first-order valence-electron chi connectivity index (χ1n) is 6.92. The Balaban J connectivity index is 1.59. The van der Waals surface area contributed by atoms with E-state index in [0.29, 0.717) is 21.5 Å². The van der Waals surface area contributed by atoms with Crippen molar-refractivity contribution in [3.8, 4) is 0 Å². The first-order valence-corrected chi connectivity index (χ1v) is 7.67. The van der Waals surface area contributed by atoms with Crippen LogP contribution in [0.25, 0.3) is 0 Å². The molecule has 1 N–H and O–H groups in total. The number of rotatable bonds is 3. The summed E-state index contributed by atoms with van der Waals surface area (Å²) in [6.45, 7) is 0. The third kappa shape index (κ3) is 2.84. The van der Waals surface area contributed by atoms with Gasteiger partial charge in [-0.2, -0.15) is 5.10 Å². The van der Waals surface area contributed by atoms with E-state index in [2.05, 4.69) is 10.5 Å². The molecule has 0 aromatic heterocycles. The molecule has 2 fully saturated rings. The molecule has 3 nitrogen and oxygen atoms in total. The van der Waals surface area contributed by atoms with Gasteiger partial charge in [0, 0.05) is 11.2 Å². The van der Waals surface area contributed by atoms with E-state index in [-0.39, 0.29) is 5.91 Å². The fourth-order valence-corrected chi connectivity index (χ4v) is 3.90. The second-order valence-corrected chi connectivity index (χ2v) is 6.53. The van der Waals surface area contributed by atoms with Crippen molar-refractivity contribution in [2.24, 2.45) is 22.9 Å². The van der Waals surface area contributed by atoms with Crippen LogP contribution in [0.2, 0.25) is 10.0 Å². The molecule has 0 aliphatic heterocycles. The number of hydrazone groups is 1. The molecular formula is C15H16Cl2N2O. The predicted octanol–water partition coefficient (Wildman–Crippen LogP) is 4.15. The van der Waals surface area contributed by atoms with Gasteiger partial charge in [-0.1, -0.05) is 29.6 Å². The van der Waals surface area contributed by atoms with Gasteiger partial charge in [-0.25, -0.2) is 5.43 Å². The molecule has 2 aliphatic rings.